The second kappa shape index (κ2) is 4.28. The molecule has 84 valence electrons. The second-order valence-electron chi connectivity index (χ2n) is 4.15. The van der Waals surface area contributed by atoms with Crippen molar-refractivity contribution < 1.29 is 9.63 Å². The maximum Gasteiger partial charge on any atom is 0.243 e. The highest BCUT2D eigenvalue weighted by atomic mass is 16.5. The zero-order valence-corrected chi connectivity index (χ0v) is 9.18. The van der Waals surface area contributed by atoms with E-state index < -0.39 is 0 Å². The Bertz CT molecular complexity index is 322. The predicted molar refractivity (Wildman–Crippen MR) is 54.4 cm³/mol. The van der Waals surface area contributed by atoms with E-state index in [-0.39, 0.29) is 12.6 Å². The van der Waals surface area contributed by atoms with E-state index in [0.29, 0.717) is 18.4 Å². The molecule has 1 aliphatic carbocycles. The number of hydrogen-bond donors (Lipinski definition) is 1. The molecule has 1 N–H and O–H groups in total. The Labute approximate surface area is 89.1 Å². The van der Waals surface area contributed by atoms with E-state index in [4.69, 9.17) is 9.63 Å². The molecule has 1 heterocycles. The summed E-state index contributed by atoms with van der Waals surface area (Å²) in [5, 5.41) is 12.8. The van der Waals surface area contributed by atoms with Crippen LogP contribution in [0.3, 0.4) is 0 Å². The molecule has 1 saturated carbocycles. The summed E-state index contributed by atoms with van der Waals surface area (Å²) in [7, 11) is 1.93. The van der Waals surface area contributed by atoms with Crippen molar-refractivity contribution in [2.75, 3.05) is 20.2 Å². The molecule has 0 amide bonds. The first-order chi connectivity index (χ1) is 7.22. The van der Waals surface area contributed by atoms with Crippen LogP contribution in [0.15, 0.2) is 4.52 Å². The smallest absolute Gasteiger partial charge is 0.243 e. The van der Waals surface area contributed by atoms with E-state index >= 15 is 0 Å². The van der Waals surface area contributed by atoms with Crippen LogP contribution in [0.5, 0.6) is 0 Å². The van der Waals surface area contributed by atoms with Gasteiger partial charge in [0.05, 0.1) is 12.6 Å². The Morgan fingerprint density at radius 2 is 2.33 bits per heavy atom. The Morgan fingerprint density at radius 3 is 2.93 bits per heavy atom. The SMILES string of the molecule is CC(c1nc(C2CC2)no1)N(C)CCO. The van der Waals surface area contributed by atoms with Crippen LogP contribution in [0.25, 0.3) is 0 Å². The fraction of sp³-hybridized carbons (Fsp3) is 0.800. The zero-order chi connectivity index (χ0) is 10.8. The minimum atomic E-state index is 0.0668. The van der Waals surface area contributed by atoms with Crippen LogP contribution in [-0.2, 0) is 0 Å². The van der Waals surface area contributed by atoms with Crippen molar-refractivity contribution in [2.24, 2.45) is 0 Å². The normalized spacial score (nSPS) is 18.4. The van der Waals surface area contributed by atoms with Crippen LogP contribution in [-0.4, -0.2) is 40.3 Å². The summed E-state index contributed by atoms with van der Waals surface area (Å²) in [4.78, 5) is 6.36. The van der Waals surface area contributed by atoms with Crippen LogP contribution >= 0.6 is 0 Å². The maximum atomic E-state index is 8.83. The van der Waals surface area contributed by atoms with Gasteiger partial charge in [-0.2, -0.15) is 4.98 Å². The molecule has 1 aromatic heterocycles. The third-order valence-electron chi connectivity index (χ3n) is 2.87. The number of aliphatic hydroxyl groups is 1. The molecule has 0 aliphatic heterocycles. The van der Waals surface area contributed by atoms with E-state index in [1.165, 1.54) is 12.8 Å². The Kier molecular flexibility index (Phi) is 3.02. The lowest BCUT2D eigenvalue weighted by molar-refractivity contribution is 0.165. The summed E-state index contributed by atoms with van der Waals surface area (Å²) < 4.78 is 5.21. The third-order valence-corrected chi connectivity index (χ3v) is 2.87. The van der Waals surface area contributed by atoms with Crippen molar-refractivity contribution in [3.63, 3.8) is 0 Å². The Morgan fingerprint density at radius 1 is 1.60 bits per heavy atom. The fourth-order valence-electron chi connectivity index (χ4n) is 1.46. The highest BCUT2D eigenvalue weighted by molar-refractivity contribution is 5.04. The largest absolute Gasteiger partial charge is 0.395 e. The van der Waals surface area contributed by atoms with Crippen molar-refractivity contribution in [3.8, 4) is 0 Å². The summed E-state index contributed by atoms with van der Waals surface area (Å²) in [5.74, 6) is 2.01. The van der Waals surface area contributed by atoms with Gasteiger partial charge in [0.1, 0.15) is 0 Å². The highest BCUT2D eigenvalue weighted by Crippen LogP contribution is 2.38. The molecule has 0 saturated heterocycles. The van der Waals surface area contributed by atoms with Gasteiger partial charge in [0.15, 0.2) is 5.82 Å². The summed E-state index contributed by atoms with van der Waals surface area (Å²) >= 11 is 0. The van der Waals surface area contributed by atoms with Gasteiger partial charge in [-0.3, -0.25) is 4.90 Å². The van der Waals surface area contributed by atoms with Gasteiger partial charge < -0.3 is 9.63 Å². The van der Waals surface area contributed by atoms with Gasteiger partial charge in [0, 0.05) is 12.5 Å². The van der Waals surface area contributed by atoms with Crippen molar-refractivity contribution >= 4 is 0 Å². The molecular weight excluding hydrogens is 194 g/mol. The molecule has 0 radical (unpaired) electrons. The molecule has 5 heteroatoms. The quantitative estimate of drug-likeness (QED) is 0.785. The number of aromatic nitrogens is 2. The summed E-state index contributed by atoms with van der Waals surface area (Å²) in [6.07, 6.45) is 2.36. The molecule has 15 heavy (non-hydrogen) atoms. The van der Waals surface area contributed by atoms with E-state index in [1.807, 2.05) is 18.9 Å². The topological polar surface area (TPSA) is 62.4 Å². The molecule has 1 atom stereocenters. The van der Waals surface area contributed by atoms with Gasteiger partial charge in [-0.15, -0.1) is 0 Å². The van der Waals surface area contributed by atoms with E-state index in [0.717, 1.165) is 5.82 Å². The third kappa shape index (κ3) is 2.35. The standard InChI is InChI=1S/C10H17N3O2/c1-7(13(2)5-6-14)10-11-9(12-15-10)8-3-4-8/h7-8,14H,3-6H2,1-2H3. The van der Waals surface area contributed by atoms with Gasteiger partial charge in [-0.25, -0.2) is 0 Å². The minimum absolute atomic E-state index is 0.0668. The predicted octanol–water partition coefficient (Wildman–Crippen LogP) is 0.932. The van der Waals surface area contributed by atoms with Crippen LogP contribution in [0.1, 0.15) is 43.4 Å². The lowest BCUT2D eigenvalue weighted by Crippen LogP contribution is -2.25. The maximum absolute atomic E-state index is 8.83. The summed E-state index contributed by atoms with van der Waals surface area (Å²) in [6, 6.07) is 0.0668. The average Bonchev–Trinajstić information content (AvgIpc) is 2.96. The first kappa shape index (κ1) is 10.6. The van der Waals surface area contributed by atoms with Crippen molar-refractivity contribution in [1.29, 1.82) is 0 Å². The molecule has 2 rings (SSSR count). The van der Waals surface area contributed by atoms with E-state index in [2.05, 4.69) is 10.1 Å². The van der Waals surface area contributed by atoms with Crippen molar-refractivity contribution in [2.45, 2.75) is 31.7 Å². The molecular formula is C10H17N3O2. The first-order valence-corrected chi connectivity index (χ1v) is 5.37. The lowest BCUT2D eigenvalue weighted by atomic mass is 10.3. The van der Waals surface area contributed by atoms with Crippen LogP contribution in [0, 0.1) is 0 Å². The molecule has 0 aromatic carbocycles. The molecule has 5 nitrogen and oxygen atoms in total. The molecule has 0 spiro atoms. The first-order valence-electron chi connectivity index (χ1n) is 5.37. The van der Waals surface area contributed by atoms with Gasteiger partial charge in [0.25, 0.3) is 0 Å². The van der Waals surface area contributed by atoms with E-state index in [1.54, 1.807) is 0 Å². The van der Waals surface area contributed by atoms with Crippen molar-refractivity contribution in [3.05, 3.63) is 11.7 Å². The number of rotatable bonds is 5. The zero-order valence-electron chi connectivity index (χ0n) is 9.18. The molecule has 0 bridgehead atoms. The van der Waals surface area contributed by atoms with Crippen LogP contribution < -0.4 is 0 Å². The fourth-order valence-corrected chi connectivity index (χ4v) is 1.46. The number of aliphatic hydroxyl groups excluding tert-OH is 1. The minimum Gasteiger partial charge on any atom is -0.395 e. The lowest BCUT2D eigenvalue weighted by Gasteiger charge is -2.19. The van der Waals surface area contributed by atoms with Gasteiger partial charge in [0.2, 0.25) is 5.89 Å². The monoisotopic (exact) mass is 211 g/mol. The van der Waals surface area contributed by atoms with Crippen LogP contribution in [0.4, 0.5) is 0 Å². The van der Waals surface area contributed by atoms with Crippen molar-refractivity contribution in [1.82, 2.24) is 15.0 Å². The van der Waals surface area contributed by atoms with Gasteiger partial charge in [-0.05, 0) is 26.8 Å². The molecule has 1 unspecified atom stereocenters. The second-order valence-corrected chi connectivity index (χ2v) is 4.15. The summed E-state index contributed by atoms with van der Waals surface area (Å²) in [5.41, 5.74) is 0. The number of likely N-dealkylation sites (N-methyl/N-ethyl adjacent to an activating group) is 1. The molecule has 1 fully saturated rings. The van der Waals surface area contributed by atoms with Gasteiger partial charge in [-0.1, -0.05) is 5.16 Å². The Balaban J connectivity index is 2.00. The van der Waals surface area contributed by atoms with Crippen LogP contribution in [0.2, 0.25) is 0 Å². The van der Waals surface area contributed by atoms with Gasteiger partial charge >= 0.3 is 0 Å². The average molecular weight is 211 g/mol. The summed E-state index contributed by atoms with van der Waals surface area (Å²) in [6.45, 7) is 2.76. The molecule has 1 aromatic rings. The Hall–Kier alpha value is -0.940. The van der Waals surface area contributed by atoms with E-state index in [9.17, 15) is 0 Å². The number of nitrogens with zero attached hydrogens (tertiary/aromatic N) is 3. The number of hydrogen-bond acceptors (Lipinski definition) is 5. The molecule has 1 aliphatic rings. The highest BCUT2D eigenvalue weighted by Gasteiger charge is 2.30.